The van der Waals surface area contributed by atoms with Crippen molar-refractivity contribution in [1.82, 2.24) is 14.5 Å². The van der Waals surface area contributed by atoms with Crippen LogP contribution in [-0.2, 0) is 0 Å². The summed E-state index contributed by atoms with van der Waals surface area (Å²) in [6.07, 6.45) is 0. The summed E-state index contributed by atoms with van der Waals surface area (Å²) in [5, 5.41) is 11.8. The number of fused-ring (bicyclic) bond motifs is 16. The summed E-state index contributed by atoms with van der Waals surface area (Å²) < 4.78 is 13.9. The molecule has 4 nitrogen and oxygen atoms in total. The predicted octanol–water partition coefficient (Wildman–Crippen LogP) is 13.0. The molecule has 0 aliphatic rings. The van der Waals surface area contributed by atoms with Gasteiger partial charge in [-0.3, -0.25) is 4.57 Å². The second-order valence-electron chi connectivity index (χ2n) is 12.9. The Kier molecular flexibility index (Phi) is 5.23. The van der Waals surface area contributed by atoms with Gasteiger partial charge < -0.3 is 4.42 Å². The zero-order valence-corrected chi connectivity index (χ0v) is 28.0. The van der Waals surface area contributed by atoms with E-state index in [9.17, 15) is 0 Å². The lowest BCUT2D eigenvalue weighted by Crippen LogP contribution is -2.03. The molecular formula is C44H23N3OS2. The molecule has 0 N–H and O–H groups in total. The highest BCUT2D eigenvalue weighted by atomic mass is 32.1. The molecule has 0 aliphatic heterocycles. The molecule has 12 aromatic rings. The molecule has 50 heavy (non-hydrogen) atoms. The molecule has 232 valence electrons. The molecule has 0 radical (unpaired) electrons. The number of rotatable bonds is 2. The van der Waals surface area contributed by atoms with E-state index in [4.69, 9.17) is 14.4 Å². The fourth-order valence-corrected chi connectivity index (χ4v) is 10.5. The van der Waals surface area contributed by atoms with Gasteiger partial charge in [0.15, 0.2) is 0 Å². The van der Waals surface area contributed by atoms with Crippen LogP contribution in [0.2, 0.25) is 0 Å². The number of nitrogens with zero attached hydrogens (tertiary/aromatic N) is 3. The van der Waals surface area contributed by atoms with Crippen LogP contribution in [0, 0.1) is 0 Å². The third kappa shape index (κ3) is 3.49. The highest BCUT2D eigenvalue weighted by Crippen LogP contribution is 2.48. The van der Waals surface area contributed by atoms with Gasteiger partial charge in [0.2, 0.25) is 11.7 Å². The van der Waals surface area contributed by atoms with Crippen molar-refractivity contribution in [2.45, 2.75) is 0 Å². The van der Waals surface area contributed by atoms with Gasteiger partial charge in [0, 0.05) is 67.5 Å². The van der Waals surface area contributed by atoms with Crippen molar-refractivity contribution in [2.24, 2.45) is 0 Å². The number of para-hydroxylation sites is 2. The van der Waals surface area contributed by atoms with Crippen molar-refractivity contribution in [2.75, 3.05) is 0 Å². The fraction of sp³-hybridized carbons (Fsp3) is 0. The van der Waals surface area contributed by atoms with Crippen LogP contribution < -0.4 is 0 Å². The van der Waals surface area contributed by atoms with Gasteiger partial charge >= 0.3 is 0 Å². The summed E-state index contributed by atoms with van der Waals surface area (Å²) >= 11 is 3.68. The van der Waals surface area contributed by atoms with Crippen molar-refractivity contribution >= 4 is 118 Å². The lowest BCUT2D eigenvalue weighted by molar-refractivity contribution is 0.651. The van der Waals surface area contributed by atoms with E-state index in [2.05, 4.69) is 132 Å². The Morgan fingerprint density at radius 1 is 0.480 bits per heavy atom. The van der Waals surface area contributed by atoms with E-state index >= 15 is 0 Å². The van der Waals surface area contributed by atoms with E-state index < -0.39 is 0 Å². The van der Waals surface area contributed by atoms with Gasteiger partial charge in [0.1, 0.15) is 5.58 Å². The van der Waals surface area contributed by atoms with E-state index in [0.29, 0.717) is 11.7 Å². The first-order chi connectivity index (χ1) is 24.8. The van der Waals surface area contributed by atoms with Crippen LogP contribution in [0.3, 0.4) is 0 Å². The molecular weight excluding hydrogens is 651 g/mol. The molecule has 0 fully saturated rings. The largest absolute Gasteiger partial charge is 0.437 e. The smallest absolute Gasteiger partial charge is 0.238 e. The highest BCUT2D eigenvalue weighted by molar-refractivity contribution is 7.27. The predicted molar refractivity (Wildman–Crippen MR) is 212 cm³/mol. The van der Waals surface area contributed by atoms with Gasteiger partial charge in [-0.15, -0.1) is 22.7 Å². The summed E-state index contributed by atoms with van der Waals surface area (Å²) in [6.45, 7) is 0. The molecule has 0 atom stereocenters. The Hall–Kier alpha value is -6.08. The molecule has 0 saturated carbocycles. The second-order valence-corrected chi connectivity index (χ2v) is 15.0. The zero-order chi connectivity index (χ0) is 32.5. The van der Waals surface area contributed by atoms with Crippen molar-refractivity contribution in [1.29, 1.82) is 0 Å². The van der Waals surface area contributed by atoms with Gasteiger partial charge in [-0.1, -0.05) is 103 Å². The lowest BCUT2D eigenvalue weighted by atomic mass is 10.00. The SMILES string of the molecule is c1ccc2c(c1)oc1nc(-n3c4ccccc4c4c5ccccc5c5sc6ccccc6c5c43)nc(-c3ccc4sc5ccccc5c4c3)c12. The Morgan fingerprint density at radius 3 is 2.00 bits per heavy atom. The van der Waals surface area contributed by atoms with Crippen LogP contribution in [0.1, 0.15) is 0 Å². The van der Waals surface area contributed by atoms with E-state index in [-0.39, 0.29) is 0 Å². The Labute approximate surface area is 292 Å². The third-order valence-corrected chi connectivity index (χ3v) is 12.6. The zero-order valence-electron chi connectivity index (χ0n) is 26.3. The summed E-state index contributed by atoms with van der Waals surface area (Å²) in [5.74, 6) is 0.597. The maximum absolute atomic E-state index is 6.57. The molecule has 0 spiro atoms. The maximum atomic E-state index is 6.57. The summed E-state index contributed by atoms with van der Waals surface area (Å²) in [5.41, 5.74) is 5.48. The summed E-state index contributed by atoms with van der Waals surface area (Å²) in [7, 11) is 0. The summed E-state index contributed by atoms with van der Waals surface area (Å²) in [4.78, 5) is 10.8. The van der Waals surface area contributed by atoms with Crippen LogP contribution >= 0.6 is 22.7 Å². The topological polar surface area (TPSA) is 43.9 Å². The first kappa shape index (κ1) is 26.8. The molecule has 6 heteroatoms. The van der Waals surface area contributed by atoms with Crippen LogP contribution in [0.4, 0.5) is 0 Å². The van der Waals surface area contributed by atoms with Crippen molar-refractivity contribution in [3.05, 3.63) is 140 Å². The third-order valence-electron chi connectivity index (χ3n) is 10.2. The molecule has 0 amide bonds. The minimum Gasteiger partial charge on any atom is -0.437 e. The van der Waals surface area contributed by atoms with Crippen LogP contribution in [0.5, 0.6) is 0 Å². The Morgan fingerprint density at radius 2 is 1.14 bits per heavy atom. The minimum atomic E-state index is 0.583. The molecule has 5 heterocycles. The van der Waals surface area contributed by atoms with Crippen LogP contribution in [0.25, 0.3) is 112 Å². The molecule has 0 bridgehead atoms. The monoisotopic (exact) mass is 673 g/mol. The molecule has 5 aromatic heterocycles. The fourth-order valence-electron chi connectivity index (χ4n) is 8.12. The van der Waals surface area contributed by atoms with Gasteiger partial charge in [0.25, 0.3) is 0 Å². The average molecular weight is 674 g/mol. The first-order valence-corrected chi connectivity index (χ1v) is 18.3. The molecule has 0 saturated heterocycles. The Balaban J connectivity index is 1.28. The van der Waals surface area contributed by atoms with Gasteiger partial charge in [-0.25, -0.2) is 4.98 Å². The van der Waals surface area contributed by atoms with E-state index in [1.807, 2.05) is 34.8 Å². The lowest BCUT2D eigenvalue weighted by Gasteiger charge is -2.11. The normalized spacial score (nSPS) is 12.4. The number of furan rings is 1. The van der Waals surface area contributed by atoms with E-state index in [1.165, 1.54) is 61.9 Å². The van der Waals surface area contributed by atoms with Crippen LogP contribution in [-0.4, -0.2) is 14.5 Å². The van der Waals surface area contributed by atoms with Crippen molar-refractivity contribution in [3.8, 4) is 17.2 Å². The van der Waals surface area contributed by atoms with Crippen molar-refractivity contribution < 1.29 is 4.42 Å². The number of hydrogen-bond donors (Lipinski definition) is 0. The molecule has 12 rings (SSSR count). The van der Waals surface area contributed by atoms with Crippen molar-refractivity contribution in [3.63, 3.8) is 0 Å². The van der Waals surface area contributed by atoms with E-state index in [1.54, 1.807) is 0 Å². The van der Waals surface area contributed by atoms with Gasteiger partial charge in [-0.2, -0.15) is 4.98 Å². The minimum absolute atomic E-state index is 0.583. The van der Waals surface area contributed by atoms with Gasteiger partial charge in [0.05, 0.1) is 22.1 Å². The number of thiophene rings is 2. The second kappa shape index (κ2) is 9.76. The number of hydrogen-bond acceptors (Lipinski definition) is 5. The standard InChI is InChI=1S/C44H23N3OS2/c1-2-13-27-26(12-1)37-28-14-3-7-17-32(28)47(41(37)39-30-16-6-10-20-35(30)50-42(27)39)44-45-40(38-29-15-4-8-18-33(29)48-43(38)46-44)24-21-22-36-31(23-24)25-11-5-9-19-34(25)49-36/h1-23H. The van der Waals surface area contributed by atoms with Gasteiger partial charge in [-0.05, 0) is 41.8 Å². The quantitative estimate of drug-likeness (QED) is 0.183. The van der Waals surface area contributed by atoms with Crippen LogP contribution in [0.15, 0.2) is 144 Å². The maximum Gasteiger partial charge on any atom is 0.238 e. The first-order valence-electron chi connectivity index (χ1n) is 16.7. The molecule has 7 aromatic carbocycles. The average Bonchev–Trinajstić information content (AvgIpc) is 3.93. The number of aromatic nitrogens is 3. The number of benzene rings is 7. The molecule has 0 aliphatic carbocycles. The highest BCUT2D eigenvalue weighted by Gasteiger charge is 2.25. The summed E-state index contributed by atoms with van der Waals surface area (Å²) in [6, 6.07) is 49.8. The van der Waals surface area contributed by atoms with E-state index in [0.717, 1.165) is 38.6 Å². The Bertz CT molecular complexity index is 3400. The molecule has 0 unspecified atom stereocenters.